The summed E-state index contributed by atoms with van der Waals surface area (Å²) in [5, 5.41) is 3.07. The van der Waals surface area contributed by atoms with Gasteiger partial charge in [-0.3, -0.25) is 18.6 Å². The zero-order valence-electron chi connectivity index (χ0n) is 57.2. The highest BCUT2D eigenvalue weighted by molar-refractivity contribution is 7.47. The molecule has 0 saturated heterocycles. The van der Waals surface area contributed by atoms with E-state index in [-0.39, 0.29) is 31.5 Å². The van der Waals surface area contributed by atoms with Gasteiger partial charge in [0.15, 0.2) is 0 Å². The molecule has 0 radical (unpaired) electrons. The van der Waals surface area contributed by atoms with Crippen LogP contribution in [0.1, 0.15) is 303 Å². The van der Waals surface area contributed by atoms with Gasteiger partial charge in [-0.25, -0.2) is 4.57 Å². The van der Waals surface area contributed by atoms with E-state index in [0.717, 1.165) is 135 Å². The van der Waals surface area contributed by atoms with Crippen molar-refractivity contribution in [3.8, 4) is 0 Å². The Morgan fingerprint density at radius 1 is 0.414 bits per heavy atom. The fourth-order valence-corrected chi connectivity index (χ4v) is 10.6. The molecule has 0 fully saturated rings. The number of likely N-dealkylation sites (N-methyl/N-ethyl adjacent to an activating group) is 1. The maximum absolute atomic E-state index is 13.6. The number of carbonyl (C=O) groups is 2. The van der Waals surface area contributed by atoms with Crippen molar-refractivity contribution in [2.24, 2.45) is 0 Å². The van der Waals surface area contributed by atoms with Gasteiger partial charge < -0.3 is 19.4 Å². The summed E-state index contributed by atoms with van der Waals surface area (Å²) >= 11 is 0. The van der Waals surface area contributed by atoms with Gasteiger partial charge in [0, 0.05) is 12.8 Å². The van der Waals surface area contributed by atoms with Crippen LogP contribution < -0.4 is 5.32 Å². The van der Waals surface area contributed by atoms with Crippen LogP contribution in [0.15, 0.2) is 122 Å². The number of nitrogens with zero attached hydrogens (tertiary/aromatic N) is 1. The third-order valence-corrected chi connectivity index (χ3v) is 16.4. The molecule has 3 atom stereocenters. The second kappa shape index (κ2) is 65.4. The molecule has 87 heavy (non-hydrogen) atoms. The first kappa shape index (κ1) is 83.4. The quantitative estimate of drug-likeness (QED) is 0.0205. The molecular formula is C77H136N2O7P+. The second-order valence-electron chi connectivity index (χ2n) is 25.0. The molecule has 0 spiro atoms. The average molecular weight is 1230 g/mol. The number of quaternary nitrogens is 1. The normalized spacial score (nSPS) is 14.2. The Kier molecular flexibility index (Phi) is 62.7. The van der Waals surface area contributed by atoms with Crippen LogP contribution in [-0.4, -0.2) is 74.3 Å². The lowest BCUT2D eigenvalue weighted by Gasteiger charge is -2.27. The van der Waals surface area contributed by atoms with Crippen LogP contribution in [0.4, 0.5) is 0 Å². The zero-order valence-corrected chi connectivity index (χ0v) is 58.1. The van der Waals surface area contributed by atoms with Crippen molar-refractivity contribution in [2.45, 2.75) is 315 Å². The highest BCUT2D eigenvalue weighted by Crippen LogP contribution is 2.43. The van der Waals surface area contributed by atoms with Crippen LogP contribution in [-0.2, 0) is 27.9 Å². The van der Waals surface area contributed by atoms with Gasteiger partial charge in [0.1, 0.15) is 19.3 Å². The summed E-state index contributed by atoms with van der Waals surface area (Å²) in [6, 6.07) is -0.866. The third kappa shape index (κ3) is 66.7. The third-order valence-electron chi connectivity index (χ3n) is 15.4. The fourth-order valence-electron chi connectivity index (χ4n) is 9.89. The van der Waals surface area contributed by atoms with Crippen LogP contribution in [0, 0.1) is 0 Å². The molecule has 0 rings (SSSR count). The van der Waals surface area contributed by atoms with E-state index in [9.17, 15) is 19.0 Å². The summed E-state index contributed by atoms with van der Waals surface area (Å²) in [5.41, 5.74) is 0. The number of hydrogen-bond donors (Lipinski definition) is 2. The molecule has 0 aromatic heterocycles. The molecule has 10 heteroatoms. The topological polar surface area (TPSA) is 111 Å². The molecule has 0 saturated carbocycles. The van der Waals surface area contributed by atoms with Gasteiger partial charge >= 0.3 is 13.8 Å². The minimum absolute atomic E-state index is 0.0312. The molecular weight excluding hydrogens is 1100 g/mol. The maximum atomic E-state index is 13.6. The number of esters is 1. The SMILES string of the molecule is CC/C=C\C/C=C\C/C=C\C/C=C\C/C=C\CCCCCCCCCC(=O)OC(/C=C/CCCCCCCCCCCCC)C(COP(=O)(O)OCC[N+](C)(C)C)NC(=O)CCCCCCCCCCC/C=C\C/C=C\C/C=C\C/C=C\CCCCC. The van der Waals surface area contributed by atoms with Gasteiger partial charge in [-0.15, -0.1) is 0 Å². The Morgan fingerprint density at radius 2 is 0.736 bits per heavy atom. The van der Waals surface area contributed by atoms with E-state index in [1.807, 2.05) is 33.3 Å². The Hall–Kier alpha value is -3.59. The first-order chi connectivity index (χ1) is 42.4. The van der Waals surface area contributed by atoms with Crippen molar-refractivity contribution in [3.63, 3.8) is 0 Å². The average Bonchev–Trinajstić information content (AvgIpc) is 3.70. The summed E-state index contributed by atoms with van der Waals surface area (Å²) < 4.78 is 30.8. The number of nitrogens with one attached hydrogen (secondary N) is 1. The maximum Gasteiger partial charge on any atom is 0.472 e. The lowest BCUT2D eigenvalue weighted by Crippen LogP contribution is -2.47. The van der Waals surface area contributed by atoms with Crippen LogP contribution in [0.2, 0.25) is 0 Å². The number of rotatable bonds is 64. The fraction of sp³-hybridized carbons (Fsp3) is 0.714. The van der Waals surface area contributed by atoms with Gasteiger partial charge in [0.25, 0.3) is 0 Å². The molecule has 500 valence electrons. The number of carbonyl (C=O) groups excluding carboxylic acids is 2. The first-order valence-electron chi connectivity index (χ1n) is 35.9. The predicted octanol–water partition coefficient (Wildman–Crippen LogP) is 23.0. The van der Waals surface area contributed by atoms with E-state index < -0.39 is 20.0 Å². The minimum atomic E-state index is -4.47. The highest BCUT2D eigenvalue weighted by atomic mass is 31.2. The van der Waals surface area contributed by atoms with E-state index in [1.165, 1.54) is 135 Å². The molecule has 0 aromatic rings. The van der Waals surface area contributed by atoms with Crippen LogP contribution in [0.25, 0.3) is 0 Å². The summed E-state index contributed by atoms with van der Waals surface area (Å²) in [4.78, 5) is 38.0. The van der Waals surface area contributed by atoms with Crippen molar-refractivity contribution in [1.29, 1.82) is 0 Å². The Labute approximate surface area is 537 Å². The highest BCUT2D eigenvalue weighted by Gasteiger charge is 2.30. The summed E-state index contributed by atoms with van der Waals surface area (Å²) in [7, 11) is 1.47. The van der Waals surface area contributed by atoms with E-state index in [4.69, 9.17) is 13.8 Å². The number of hydrogen-bond acceptors (Lipinski definition) is 6. The number of ether oxygens (including phenoxy) is 1. The van der Waals surface area contributed by atoms with E-state index in [2.05, 4.69) is 135 Å². The number of unbranched alkanes of at least 4 members (excludes halogenated alkanes) is 30. The Balaban J connectivity index is 5.16. The van der Waals surface area contributed by atoms with Gasteiger partial charge in [-0.05, 0) is 122 Å². The summed E-state index contributed by atoms with van der Waals surface area (Å²) in [6.45, 7) is 6.87. The van der Waals surface area contributed by atoms with Gasteiger partial charge in [-0.1, -0.05) is 290 Å². The monoisotopic (exact) mass is 1230 g/mol. The molecule has 0 bridgehead atoms. The lowest BCUT2D eigenvalue weighted by molar-refractivity contribution is -0.870. The first-order valence-corrected chi connectivity index (χ1v) is 37.4. The van der Waals surface area contributed by atoms with Gasteiger partial charge in [0.05, 0.1) is 33.8 Å². The second-order valence-corrected chi connectivity index (χ2v) is 26.5. The van der Waals surface area contributed by atoms with Crippen molar-refractivity contribution >= 4 is 19.7 Å². The smallest absolute Gasteiger partial charge is 0.456 e. The zero-order chi connectivity index (χ0) is 63.5. The number of allylic oxidation sites excluding steroid dienone is 19. The standard InChI is InChI=1S/C77H135N2O7P/c1-7-10-13-16-19-22-25-28-30-32-34-36-38-39-41-42-44-46-48-51-54-57-60-63-66-69-76(80)78-74(73-85-87(82,83)84-72-71-79(4,5)6)75(68-65-62-59-56-53-50-27-24-21-18-15-12-9-3)86-77(81)70-67-64-61-58-55-52-49-47-45-43-40-37-35-33-31-29-26-23-20-17-14-11-8-2/h11,14,19-20,22-23,28-31,34-37,39,41,43,45,65,68,74-75H,7-10,12-13,15-18,21,24-27,32-33,38,40,42,44,46-64,66-67,69-73H2,1-6H3,(H-,78,80,82,83)/p+1/b14-11-,22-19-,23-20-,30-28-,31-29-,36-34-,37-35-,41-39-,45-43-,68-65+. The van der Waals surface area contributed by atoms with Crippen molar-refractivity contribution in [1.82, 2.24) is 5.32 Å². The molecule has 0 heterocycles. The summed E-state index contributed by atoms with van der Waals surface area (Å²) in [5.74, 6) is -0.525. The van der Waals surface area contributed by atoms with E-state index >= 15 is 0 Å². The largest absolute Gasteiger partial charge is 0.472 e. The Bertz CT molecular complexity index is 1900. The summed E-state index contributed by atoms with van der Waals surface area (Å²) in [6.07, 6.45) is 92.0. The van der Waals surface area contributed by atoms with Gasteiger partial charge in [0.2, 0.25) is 5.91 Å². The molecule has 9 nitrogen and oxygen atoms in total. The number of amides is 1. The molecule has 0 aromatic carbocycles. The minimum Gasteiger partial charge on any atom is -0.456 e. The molecule has 0 aliphatic rings. The Morgan fingerprint density at radius 3 is 1.13 bits per heavy atom. The van der Waals surface area contributed by atoms with E-state index in [0.29, 0.717) is 17.4 Å². The number of phosphoric acid groups is 1. The van der Waals surface area contributed by atoms with E-state index in [1.54, 1.807) is 0 Å². The van der Waals surface area contributed by atoms with Crippen LogP contribution in [0.5, 0.6) is 0 Å². The van der Waals surface area contributed by atoms with Crippen LogP contribution in [0.3, 0.4) is 0 Å². The van der Waals surface area contributed by atoms with Crippen LogP contribution >= 0.6 is 7.82 Å². The predicted molar refractivity (Wildman–Crippen MR) is 378 cm³/mol. The number of phosphoric ester groups is 1. The lowest BCUT2D eigenvalue weighted by atomic mass is 10.0. The van der Waals surface area contributed by atoms with Crippen molar-refractivity contribution in [2.75, 3.05) is 40.9 Å². The molecule has 0 aliphatic heterocycles. The molecule has 3 unspecified atom stereocenters. The van der Waals surface area contributed by atoms with Crippen molar-refractivity contribution < 1.29 is 37.3 Å². The molecule has 2 N–H and O–H groups in total. The van der Waals surface area contributed by atoms with Crippen molar-refractivity contribution in [3.05, 3.63) is 122 Å². The molecule has 0 aliphatic carbocycles. The molecule has 1 amide bonds. The van der Waals surface area contributed by atoms with Gasteiger partial charge in [-0.2, -0.15) is 0 Å².